The number of alkyl halides is 3. The van der Waals surface area contributed by atoms with Crippen LogP contribution in [0.2, 0.25) is 0 Å². The second-order valence-corrected chi connectivity index (χ2v) is 10.6. The van der Waals surface area contributed by atoms with Crippen molar-refractivity contribution in [2.75, 3.05) is 17.2 Å². The number of nitrogens with one attached hydrogen (secondary N) is 3. The van der Waals surface area contributed by atoms with Crippen molar-refractivity contribution < 1.29 is 22.8 Å². The third-order valence-corrected chi connectivity index (χ3v) is 6.98. The Morgan fingerprint density at radius 3 is 2.20 bits per heavy atom. The number of thiazole rings is 1. The average Bonchev–Trinajstić information content (AvgIpc) is 3.37. The predicted molar refractivity (Wildman–Crippen MR) is 156 cm³/mol. The second kappa shape index (κ2) is 12.9. The Morgan fingerprint density at radius 2 is 1.59 bits per heavy atom. The van der Waals surface area contributed by atoms with E-state index in [9.17, 15) is 22.8 Å². The molecule has 0 bridgehead atoms. The molecule has 4 amide bonds. The number of aryl methyl sites for hydroxylation is 1. The molecule has 0 radical (unpaired) electrons. The maximum atomic E-state index is 12.7. The molecule has 0 spiro atoms. The molecule has 0 unspecified atom stereocenters. The summed E-state index contributed by atoms with van der Waals surface area (Å²) in [5, 5.41) is 9.86. The van der Waals surface area contributed by atoms with Crippen molar-refractivity contribution in [1.82, 2.24) is 9.88 Å². The number of amides is 4. The molecule has 0 atom stereocenters. The Bertz CT molecular complexity index is 1570. The van der Waals surface area contributed by atoms with E-state index >= 15 is 0 Å². The van der Waals surface area contributed by atoms with Crippen molar-refractivity contribution in [3.05, 3.63) is 105 Å². The maximum absolute atomic E-state index is 12.7. The van der Waals surface area contributed by atoms with E-state index in [-0.39, 0.29) is 5.69 Å². The molecule has 4 aromatic rings. The molecule has 1 aromatic heterocycles. The molecule has 3 N–H and O–H groups in total. The van der Waals surface area contributed by atoms with Crippen LogP contribution < -0.4 is 20.8 Å². The fourth-order valence-corrected chi connectivity index (χ4v) is 4.83. The number of nitrogens with zero attached hydrogens (tertiary/aromatic N) is 2. The van der Waals surface area contributed by atoms with Gasteiger partial charge in [0.05, 0.1) is 11.3 Å². The Hall–Kier alpha value is -4.38. The topological polar surface area (TPSA) is 87.5 Å². The van der Waals surface area contributed by atoms with E-state index in [4.69, 9.17) is 0 Å². The van der Waals surface area contributed by atoms with Gasteiger partial charge in [-0.15, -0.1) is 11.3 Å². The van der Waals surface area contributed by atoms with Crippen molar-refractivity contribution in [1.29, 1.82) is 0 Å². The van der Waals surface area contributed by atoms with Gasteiger partial charge in [-0.25, -0.2) is 9.59 Å². The highest BCUT2D eigenvalue weighted by Crippen LogP contribution is 2.30. The normalized spacial score (nSPS) is 11.9. The standard InChI is InChI=1S/C30H30F3N5O2S/c1-19(2)25-13-4-20(3)18-26(25)38-16-17-41-29(38)37-27(39)34-15-14-21-5-9-23(10-6-21)35-28(40)36-24-11-7-22(8-12-24)30(31,32)33/h4-13,16-19H,14-15H2,1-3H3,(H,34,39)(H2,35,36,40)/b37-29-. The summed E-state index contributed by atoms with van der Waals surface area (Å²) in [6, 6.07) is 16.5. The maximum Gasteiger partial charge on any atom is 0.416 e. The lowest BCUT2D eigenvalue weighted by molar-refractivity contribution is -0.137. The fraction of sp³-hybridized carbons (Fsp3) is 0.233. The zero-order chi connectivity index (χ0) is 29.6. The van der Waals surface area contributed by atoms with Gasteiger partial charge in [0, 0.05) is 29.5 Å². The van der Waals surface area contributed by atoms with Crippen LogP contribution in [-0.4, -0.2) is 23.2 Å². The molecule has 0 fully saturated rings. The predicted octanol–water partition coefficient (Wildman–Crippen LogP) is 7.49. The van der Waals surface area contributed by atoms with Crippen LogP contribution in [0.3, 0.4) is 0 Å². The zero-order valence-corrected chi connectivity index (χ0v) is 23.6. The van der Waals surface area contributed by atoms with Crippen LogP contribution in [0.4, 0.5) is 34.1 Å². The zero-order valence-electron chi connectivity index (χ0n) is 22.8. The minimum Gasteiger partial charge on any atom is -0.336 e. The molecule has 214 valence electrons. The summed E-state index contributed by atoms with van der Waals surface area (Å²) in [4.78, 5) is 29.6. The van der Waals surface area contributed by atoms with Crippen molar-refractivity contribution in [3.63, 3.8) is 0 Å². The molecule has 7 nitrogen and oxygen atoms in total. The number of carbonyl (C=O) groups excluding carboxylic acids is 2. The first-order valence-corrected chi connectivity index (χ1v) is 13.8. The van der Waals surface area contributed by atoms with Gasteiger partial charge in [0.15, 0.2) is 4.80 Å². The summed E-state index contributed by atoms with van der Waals surface area (Å²) >= 11 is 1.39. The van der Waals surface area contributed by atoms with E-state index < -0.39 is 23.8 Å². The molecule has 0 aliphatic rings. The summed E-state index contributed by atoms with van der Waals surface area (Å²) in [5.74, 6) is 0.315. The Balaban J connectivity index is 1.29. The summed E-state index contributed by atoms with van der Waals surface area (Å²) in [6.07, 6.45) is -1.97. The van der Waals surface area contributed by atoms with Crippen LogP contribution in [0.25, 0.3) is 5.69 Å². The van der Waals surface area contributed by atoms with E-state index in [1.807, 2.05) is 35.2 Å². The number of urea groups is 2. The van der Waals surface area contributed by atoms with Crippen molar-refractivity contribution in [2.45, 2.75) is 39.3 Å². The van der Waals surface area contributed by atoms with E-state index in [0.717, 1.165) is 28.9 Å². The molecule has 1 heterocycles. The van der Waals surface area contributed by atoms with E-state index in [1.165, 1.54) is 29.0 Å². The number of rotatable bonds is 7. The van der Waals surface area contributed by atoms with Crippen LogP contribution in [-0.2, 0) is 12.6 Å². The molecular weight excluding hydrogens is 551 g/mol. The average molecular weight is 582 g/mol. The smallest absolute Gasteiger partial charge is 0.336 e. The second-order valence-electron chi connectivity index (χ2n) is 9.72. The van der Waals surface area contributed by atoms with Crippen LogP contribution >= 0.6 is 11.3 Å². The number of hydrogen-bond donors (Lipinski definition) is 3. The van der Waals surface area contributed by atoms with Gasteiger partial charge in [-0.2, -0.15) is 18.2 Å². The first kappa shape index (κ1) is 29.6. The highest BCUT2D eigenvalue weighted by molar-refractivity contribution is 7.07. The van der Waals surface area contributed by atoms with Crippen molar-refractivity contribution >= 4 is 34.8 Å². The first-order valence-electron chi connectivity index (χ1n) is 12.9. The van der Waals surface area contributed by atoms with Crippen LogP contribution in [0.5, 0.6) is 0 Å². The summed E-state index contributed by atoms with van der Waals surface area (Å²) in [5.41, 5.74) is 4.20. The fourth-order valence-electron chi connectivity index (χ4n) is 4.12. The summed E-state index contributed by atoms with van der Waals surface area (Å²) in [7, 11) is 0. The number of carbonyl (C=O) groups is 2. The number of aromatic nitrogens is 1. The molecule has 0 aliphatic heterocycles. The lowest BCUT2D eigenvalue weighted by Crippen LogP contribution is -2.26. The molecule has 0 saturated carbocycles. The van der Waals surface area contributed by atoms with Crippen molar-refractivity contribution in [3.8, 4) is 5.69 Å². The third-order valence-electron chi connectivity index (χ3n) is 6.23. The molecule has 11 heteroatoms. The van der Waals surface area contributed by atoms with Crippen molar-refractivity contribution in [2.24, 2.45) is 4.99 Å². The SMILES string of the molecule is Cc1ccc(C(C)C)c(-n2ccs/c2=N\C(=O)NCCc2ccc(NC(=O)Nc3ccc(C(F)(F)F)cc3)cc2)c1. The molecule has 3 aromatic carbocycles. The number of hydrogen-bond acceptors (Lipinski definition) is 3. The lowest BCUT2D eigenvalue weighted by atomic mass is 9.99. The van der Waals surface area contributed by atoms with Crippen LogP contribution in [0.1, 0.15) is 42.0 Å². The van der Waals surface area contributed by atoms with Gasteiger partial charge < -0.3 is 16.0 Å². The molecule has 0 aliphatic carbocycles. The first-order chi connectivity index (χ1) is 19.5. The monoisotopic (exact) mass is 581 g/mol. The Labute approximate surface area is 239 Å². The number of halogens is 3. The van der Waals surface area contributed by atoms with Gasteiger partial charge in [-0.3, -0.25) is 4.57 Å². The largest absolute Gasteiger partial charge is 0.416 e. The molecule has 0 saturated heterocycles. The van der Waals surface area contributed by atoms with Gasteiger partial charge in [0.25, 0.3) is 0 Å². The highest BCUT2D eigenvalue weighted by Gasteiger charge is 2.30. The van der Waals surface area contributed by atoms with Crippen LogP contribution in [0.15, 0.2) is 83.3 Å². The summed E-state index contributed by atoms with van der Waals surface area (Å²) in [6.45, 7) is 6.66. The summed E-state index contributed by atoms with van der Waals surface area (Å²) < 4.78 is 40.0. The van der Waals surface area contributed by atoms with Gasteiger partial charge in [0.2, 0.25) is 0 Å². The minimum absolute atomic E-state index is 0.237. The van der Waals surface area contributed by atoms with Gasteiger partial charge in [-0.1, -0.05) is 38.1 Å². The van der Waals surface area contributed by atoms with E-state index in [1.54, 1.807) is 12.1 Å². The van der Waals surface area contributed by atoms with E-state index in [2.05, 4.69) is 53.0 Å². The lowest BCUT2D eigenvalue weighted by Gasteiger charge is -2.14. The minimum atomic E-state index is -4.44. The number of benzene rings is 3. The third kappa shape index (κ3) is 8.07. The van der Waals surface area contributed by atoms with Gasteiger partial charge >= 0.3 is 18.2 Å². The van der Waals surface area contributed by atoms with Gasteiger partial charge in [0.1, 0.15) is 0 Å². The molecule has 41 heavy (non-hydrogen) atoms. The molecular formula is C30H30F3N5O2S. The van der Waals surface area contributed by atoms with Gasteiger partial charge in [-0.05, 0) is 78.4 Å². The Kier molecular flexibility index (Phi) is 9.28. The van der Waals surface area contributed by atoms with Crippen LogP contribution in [0, 0.1) is 6.92 Å². The molecule has 4 rings (SSSR count). The quantitative estimate of drug-likeness (QED) is 0.211. The van der Waals surface area contributed by atoms with E-state index in [0.29, 0.717) is 29.4 Å². The highest BCUT2D eigenvalue weighted by atomic mass is 32.1. The number of anilines is 2. The Morgan fingerprint density at radius 1 is 0.951 bits per heavy atom.